The molecule has 0 atom stereocenters. The summed E-state index contributed by atoms with van der Waals surface area (Å²) in [6.07, 6.45) is 7.68. The minimum atomic E-state index is 0.417. The van der Waals surface area contributed by atoms with E-state index >= 15 is 0 Å². The fraction of sp³-hybridized carbons (Fsp3) is 0.476. The number of ether oxygens (including phenoxy) is 1. The molecule has 1 fully saturated rings. The van der Waals surface area contributed by atoms with Crippen LogP contribution in [0.15, 0.2) is 30.7 Å². The maximum Gasteiger partial charge on any atom is 0.160 e. The van der Waals surface area contributed by atoms with Crippen molar-refractivity contribution in [3.8, 4) is 0 Å². The fourth-order valence-corrected chi connectivity index (χ4v) is 3.74. The third kappa shape index (κ3) is 4.00. The standard InChI is InChI=1S/C21H28N6O/c1-3-27-21-19(14-24-27)20(26-17-6-9-28-10-7-17)18(15(2)25-21)13-23-12-16-5-4-8-22-11-16/h4-5,8,11,14,17,23H,3,6-7,9-10,12-13H2,1-2H3,(H,25,26). The van der Waals surface area contributed by atoms with Crippen LogP contribution in [0.5, 0.6) is 0 Å². The third-order valence-electron chi connectivity index (χ3n) is 5.32. The number of pyridine rings is 2. The Bertz CT molecular complexity index is 918. The molecule has 0 amide bonds. The van der Waals surface area contributed by atoms with Crippen molar-refractivity contribution >= 4 is 16.7 Å². The van der Waals surface area contributed by atoms with Gasteiger partial charge in [0.1, 0.15) is 0 Å². The molecule has 0 bridgehead atoms. The molecule has 3 aromatic rings. The van der Waals surface area contributed by atoms with Gasteiger partial charge in [-0.2, -0.15) is 5.10 Å². The molecule has 0 radical (unpaired) electrons. The smallest absolute Gasteiger partial charge is 0.160 e. The van der Waals surface area contributed by atoms with Crippen LogP contribution in [-0.2, 0) is 24.4 Å². The maximum atomic E-state index is 5.53. The summed E-state index contributed by atoms with van der Waals surface area (Å²) in [7, 11) is 0. The van der Waals surface area contributed by atoms with Gasteiger partial charge in [-0.15, -0.1) is 0 Å². The van der Waals surface area contributed by atoms with Crippen LogP contribution in [0.3, 0.4) is 0 Å². The quantitative estimate of drug-likeness (QED) is 0.656. The van der Waals surface area contributed by atoms with Crippen LogP contribution in [0.1, 0.15) is 36.6 Å². The second kappa shape index (κ2) is 8.67. The van der Waals surface area contributed by atoms with Crippen molar-refractivity contribution < 1.29 is 4.74 Å². The number of nitrogens with zero attached hydrogens (tertiary/aromatic N) is 4. The minimum Gasteiger partial charge on any atom is -0.381 e. The number of fused-ring (bicyclic) bond motifs is 1. The van der Waals surface area contributed by atoms with Crippen molar-refractivity contribution in [3.05, 3.63) is 47.5 Å². The Morgan fingerprint density at radius 3 is 2.82 bits per heavy atom. The van der Waals surface area contributed by atoms with Crippen LogP contribution in [0, 0.1) is 6.92 Å². The van der Waals surface area contributed by atoms with E-state index in [-0.39, 0.29) is 0 Å². The summed E-state index contributed by atoms with van der Waals surface area (Å²) in [4.78, 5) is 9.06. The Morgan fingerprint density at radius 2 is 2.07 bits per heavy atom. The van der Waals surface area contributed by atoms with Crippen LogP contribution < -0.4 is 10.6 Å². The normalized spacial score (nSPS) is 15.2. The highest BCUT2D eigenvalue weighted by Crippen LogP contribution is 2.30. The number of hydrogen-bond donors (Lipinski definition) is 2. The molecule has 0 spiro atoms. The fourth-order valence-electron chi connectivity index (χ4n) is 3.74. The number of anilines is 1. The lowest BCUT2D eigenvalue weighted by atomic mass is 10.0. The Balaban J connectivity index is 1.62. The monoisotopic (exact) mass is 380 g/mol. The Labute approximate surface area is 165 Å². The van der Waals surface area contributed by atoms with Crippen molar-refractivity contribution in [1.82, 2.24) is 25.1 Å². The van der Waals surface area contributed by atoms with Crippen molar-refractivity contribution in [3.63, 3.8) is 0 Å². The lowest BCUT2D eigenvalue weighted by Gasteiger charge is -2.26. The van der Waals surface area contributed by atoms with Gasteiger partial charge >= 0.3 is 0 Å². The average Bonchev–Trinajstić information content (AvgIpc) is 3.14. The SMILES string of the molecule is CCn1ncc2c(NC3CCOCC3)c(CNCc3cccnc3)c(C)nc21. The van der Waals surface area contributed by atoms with Crippen LogP contribution in [0.25, 0.3) is 11.0 Å². The first-order valence-corrected chi connectivity index (χ1v) is 10.0. The molecule has 0 aliphatic carbocycles. The highest BCUT2D eigenvalue weighted by Gasteiger charge is 2.20. The van der Waals surface area contributed by atoms with Gasteiger partial charge in [0, 0.05) is 62.5 Å². The van der Waals surface area contributed by atoms with Crippen molar-refractivity contribution in [2.45, 2.75) is 52.4 Å². The largest absolute Gasteiger partial charge is 0.381 e. The van der Waals surface area contributed by atoms with E-state index in [0.717, 1.165) is 68.1 Å². The van der Waals surface area contributed by atoms with E-state index < -0.39 is 0 Å². The van der Waals surface area contributed by atoms with Gasteiger partial charge < -0.3 is 15.4 Å². The first-order valence-electron chi connectivity index (χ1n) is 10.0. The molecule has 7 heteroatoms. The van der Waals surface area contributed by atoms with Gasteiger partial charge in [0.05, 0.1) is 17.3 Å². The molecule has 4 heterocycles. The van der Waals surface area contributed by atoms with Crippen LogP contribution in [-0.4, -0.2) is 39.0 Å². The molecule has 1 aliphatic rings. The molecule has 2 N–H and O–H groups in total. The van der Waals surface area contributed by atoms with Gasteiger partial charge in [-0.25, -0.2) is 9.67 Å². The van der Waals surface area contributed by atoms with Gasteiger partial charge in [-0.3, -0.25) is 4.98 Å². The number of aromatic nitrogens is 4. The Kier molecular flexibility index (Phi) is 5.83. The first kappa shape index (κ1) is 18.8. The molecule has 148 valence electrons. The average molecular weight is 380 g/mol. The molecular formula is C21H28N6O. The molecule has 7 nitrogen and oxygen atoms in total. The Hall–Kier alpha value is -2.51. The second-order valence-corrected chi connectivity index (χ2v) is 7.24. The predicted molar refractivity (Wildman–Crippen MR) is 110 cm³/mol. The molecule has 1 aliphatic heterocycles. The summed E-state index contributed by atoms with van der Waals surface area (Å²) in [5.41, 5.74) is 5.53. The summed E-state index contributed by atoms with van der Waals surface area (Å²) >= 11 is 0. The lowest BCUT2D eigenvalue weighted by Crippen LogP contribution is -2.29. The zero-order valence-corrected chi connectivity index (χ0v) is 16.6. The maximum absolute atomic E-state index is 5.53. The van der Waals surface area contributed by atoms with Crippen molar-refractivity contribution in [2.75, 3.05) is 18.5 Å². The van der Waals surface area contributed by atoms with Crippen LogP contribution in [0.4, 0.5) is 5.69 Å². The van der Waals surface area contributed by atoms with E-state index in [0.29, 0.717) is 6.04 Å². The summed E-state index contributed by atoms with van der Waals surface area (Å²) in [6, 6.07) is 4.47. The number of hydrogen-bond acceptors (Lipinski definition) is 6. The number of aryl methyl sites for hydroxylation is 2. The second-order valence-electron chi connectivity index (χ2n) is 7.24. The van der Waals surface area contributed by atoms with E-state index in [1.807, 2.05) is 23.1 Å². The van der Waals surface area contributed by atoms with E-state index in [4.69, 9.17) is 9.72 Å². The first-order chi connectivity index (χ1) is 13.8. The summed E-state index contributed by atoms with van der Waals surface area (Å²) in [6.45, 7) is 8.14. The van der Waals surface area contributed by atoms with Crippen LogP contribution in [0.2, 0.25) is 0 Å². The number of rotatable bonds is 7. The van der Waals surface area contributed by atoms with E-state index in [9.17, 15) is 0 Å². The minimum absolute atomic E-state index is 0.417. The van der Waals surface area contributed by atoms with E-state index in [1.165, 1.54) is 11.1 Å². The van der Waals surface area contributed by atoms with Gasteiger partial charge in [0.2, 0.25) is 0 Å². The topological polar surface area (TPSA) is 76.9 Å². The number of nitrogens with one attached hydrogen (secondary N) is 2. The molecule has 4 rings (SSSR count). The van der Waals surface area contributed by atoms with Gasteiger partial charge in [-0.05, 0) is 38.3 Å². The van der Waals surface area contributed by atoms with E-state index in [2.05, 4.69) is 40.6 Å². The molecule has 28 heavy (non-hydrogen) atoms. The molecular weight excluding hydrogens is 352 g/mol. The molecule has 0 saturated carbocycles. The molecule has 1 saturated heterocycles. The highest BCUT2D eigenvalue weighted by atomic mass is 16.5. The summed E-state index contributed by atoms with van der Waals surface area (Å²) in [5.74, 6) is 0. The molecule has 0 unspecified atom stereocenters. The zero-order chi connectivity index (χ0) is 19.3. The Morgan fingerprint density at radius 1 is 1.21 bits per heavy atom. The predicted octanol–water partition coefficient (Wildman–Crippen LogP) is 3.04. The van der Waals surface area contributed by atoms with Crippen molar-refractivity contribution in [2.24, 2.45) is 0 Å². The van der Waals surface area contributed by atoms with Gasteiger partial charge in [-0.1, -0.05) is 6.07 Å². The highest BCUT2D eigenvalue weighted by molar-refractivity contribution is 5.91. The lowest BCUT2D eigenvalue weighted by molar-refractivity contribution is 0.0904. The zero-order valence-electron chi connectivity index (χ0n) is 16.6. The third-order valence-corrected chi connectivity index (χ3v) is 5.32. The van der Waals surface area contributed by atoms with Crippen molar-refractivity contribution in [1.29, 1.82) is 0 Å². The summed E-state index contributed by atoms with van der Waals surface area (Å²) in [5, 5.41) is 13.0. The van der Waals surface area contributed by atoms with Gasteiger partial charge in [0.15, 0.2) is 5.65 Å². The van der Waals surface area contributed by atoms with Gasteiger partial charge in [0.25, 0.3) is 0 Å². The van der Waals surface area contributed by atoms with Crippen LogP contribution >= 0.6 is 0 Å². The summed E-state index contributed by atoms with van der Waals surface area (Å²) < 4.78 is 7.49. The van der Waals surface area contributed by atoms with E-state index in [1.54, 1.807) is 6.20 Å². The molecule has 0 aromatic carbocycles. The molecule has 3 aromatic heterocycles.